The highest BCUT2D eigenvalue weighted by atomic mass is 32.1. The lowest BCUT2D eigenvalue weighted by Gasteiger charge is -2.35. The Hall–Kier alpha value is -3.68. The number of nitrogens with one attached hydrogen (secondary N) is 1. The summed E-state index contributed by atoms with van der Waals surface area (Å²) >= 11 is 1.51. The Morgan fingerprint density at radius 3 is 2.05 bits per heavy atom. The maximum atomic E-state index is 13.5. The molecule has 3 aromatic carbocycles. The molecule has 1 aliphatic heterocycles. The summed E-state index contributed by atoms with van der Waals surface area (Å²) < 4.78 is 12.0. The smallest absolute Gasteiger partial charge is 0.408 e. The van der Waals surface area contributed by atoms with E-state index in [1.807, 2.05) is 17.5 Å². The van der Waals surface area contributed by atoms with Crippen molar-refractivity contribution in [3.8, 4) is 28.1 Å². The first-order chi connectivity index (χ1) is 20.9. The molecule has 7 heteroatoms. The van der Waals surface area contributed by atoms with Gasteiger partial charge in [-0.1, -0.05) is 90.1 Å². The summed E-state index contributed by atoms with van der Waals surface area (Å²) in [7, 11) is 0. The number of nitrogens with zero attached hydrogens (tertiary/aromatic N) is 1. The molecule has 6 nitrogen and oxygen atoms in total. The molecular weight excluding hydrogens is 568 g/mol. The molecule has 0 saturated carbocycles. The van der Waals surface area contributed by atoms with Crippen molar-refractivity contribution in [2.24, 2.45) is 0 Å². The van der Waals surface area contributed by atoms with Crippen LogP contribution in [0.3, 0.4) is 0 Å². The second-order valence-corrected chi connectivity index (χ2v) is 14.9. The quantitative estimate of drug-likeness (QED) is 0.236. The molecule has 0 atom stereocenters. The third-order valence-electron chi connectivity index (χ3n) is 8.92. The zero-order valence-electron chi connectivity index (χ0n) is 26.5. The molecule has 6 rings (SSSR count). The maximum Gasteiger partial charge on any atom is 0.408 e. The molecule has 0 radical (unpaired) electrons. The van der Waals surface area contributed by atoms with Crippen LogP contribution in [0.1, 0.15) is 87.6 Å². The van der Waals surface area contributed by atoms with Gasteiger partial charge in [-0.3, -0.25) is 0 Å². The Balaban J connectivity index is 1.26. The van der Waals surface area contributed by atoms with Crippen molar-refractivity contribution in [1.29, 1.82) is 0 Å². The fourth-order valence-corrected chi connectivity index (χ4v) is 7.50. The first-order valence-electron chi connectivity index (χ1n) is 15.4. The second kappa shape index (κ2) is 11.4. The molecule has 1 aliphatic carbocycles. The first kappa shape index (κ1) is 30.4. The second-order valence-electron chi connectivity index (χ2n) is 14.1. The number of aromatic hydroxyl groups is 1. The van der Waals surface area contributed by atoms with Gasteiger partial charge in [0.25, 0.3) is 0 Å². The summed E-state index contributed by atoms with van der Waals surface area (Å²) in [6, 6.07) is 20.9. The van der Waals surface area contributed by atoms with Gasteiger partial charge in [-0.25, -0.2) is 9.78 Å². The molecule has 1 saturated heterocycles. The van der Waals surface area contributed by atoms with E-state index >= 15 is 0 Å². The Bertz CT molecular complexity index is 1610. The van der Waals surface area contributed by atoms with E-state index in [-0.39, 0.29) is 16.7 Å². The van der Waals surface area contributed by atoms with Gasteiger partial charge in [0.15, 0.2) is 5.60 Å². The van der Waals surface area contributed by atoms with E-state index in [0.717, 1.165) is 27.4 Å². The minimum atomic E-state index is -0.868. The van der Waals surface area contributed by atoms with Crippen molar-refractivity contribution >= 4 is 17.4 Å². The fraction of sp³-hybridized carbons (Fsp3) is 0.405. The van der Waals surface area contributed by atoms with Gasteiger partial charge in [-0.15, -0.1) is 11.3 Å². The van der Waals surface area contributed by atoms with E-state index in [2.05, 4.69) is 95.4 Å². The van der Waals surface area contributed by atoms with Crippen LogP contribution in [0.15, 0.2) is 66.0 Å². The van der Waals surface area contributed by atoms with E-state index in [0.29, 0.717) is 38.3 Å². The number of phenols is 1. The molecule has 230 valence electrons. The maximum absolute atomic E-state index is 13.5. The summed E-state index contributed by atoms with van der Waals surface area (Å²) in [4.78, 5) is 18.5. The van der Waals surface area contributed by atoms with Gasteiger partial charge in [-0.05, 0) is 45.2 Å². The Kier molecular flexibility index (Phi) is 7.83. The normalized spacial score (nSPS) is 16.3. The summed E-state index contributed by atoms with van der Waals surface area (Å²) in [5.74, 6) is 0.410. The number of carbonyl (C=O) groups excluding carboxylic acids is 1. The molecule has 2 heterocycles. The van der Waals surface area contributed by atoms with Gasteiger partial charge in [0.1, 0.15) is 10.8 Å². The Labute approximate surface area is 264 Å². The average Bonchev–Trinajstić information content (AvgIpc) is 3.60. The minimum absolute atomic E-state index is 0.0653. The third-order valence-corrected chi connectivity index (χ3v) is 9.94. The van der Waals surface area contributed by atoms with Crippen molar-refractivity contribution in [2.75, 3.05) is 19.8 Å². The topological polar surface area (TPSA) is 80.7 Å². The lowest BCUT2D eigenvalue weighted by molar-refractivity contribution is -0.0754. The van der Waals surface area contributed by atoms with Crippen molar-refractivity contribution in [3.05, 3.63) is 93.3 Å². The van der Waals surface area contributed by atoms with Gasteiger partial charge < -0.3 is 19.9 Å². The van der Waals surface area contributed by atoms with E-state index in [1.165, 1.54) is 33.6 Å². The van der Waals surface area contributed by atoms with Crippen LogP contribution in [0.25, 0.3) is 22.4 Å². The number of hydrogen-bond acceptors (Lipinski definition) is 6. The van der Waals surface area contributed by atoms with Crippen LogP contribution < -0.4 is 5.32 Å². The largest absolute Gasteiger partial charge is 0.507 e. The lowest BCUT2D eigenvalue weighted by Crippen LogP contribution is -2.42. The minimum Gasteiger partial charge on any atom is -0.507 e. The summed E-state index contributed by atoms with van der Waals surface area (Å²) in [6.45, 7) is 14.1. The van der Waals surface area contributed by atoms with Gasteiger partial charge in [0.2, 0.25) is 0 Å². The van der Waals surface area contributed by atoms with Crippen LogP contribution in [-0.2, 0) is 25.9 Å². The van der Waals surface area contributed by atoms with Crippen LogP contribution in [0.2, 0.25) is 0 Å². The van der Waals surface area contributed by atoms with E-state index in [4.69, 9.17) is 14.5 Å². The molecule has 1 fully saturated rings. The van der Waals surface area contributed by atoms with Gasteiger partial charge in [-0.2, -0.15) is 0 Å². The molecule has 0 unspecified atom stereocenters. The zero-order valence-corrected chi connectivity index (χ0v) is 27.3. The molecule has 2 N–H and O–H groups in total. The number of rotatable bonds is 5. The number of amides is 1. The Morgan fingerprint density at radius 2 is 1.50 bits per heavy atom. The van der Waals surface area contributed by atoms with E-state index < -0.39 is 11.7 Å². The molecule has 4 aromatic rings. The van der Waals surface area contributed by atoms with E-state index in [9.17, 15) is 9.90 Å². The number of ether oxygens (including phenoxy) is 2. The van der Waals surface area contributed by atoms with Crippen molar-refractivity contribution in [2.45, 2.75) is 76.7 Å². The van der Waals surface area contributed by atoms with Crippen LogP contribution in [0.5, 0.6) is 5.75 Å². The number of aromatic nitrogens is 1. The van der Waals surface area contributed by atoms with Gasteiger partial charge in [0, 0.05) is 47.4 Å². The van der Waals surface area contributed by atoms with Gasteiger partial charge in [0.05, 0.1) is 18.9 Å². The Morgan fingerprint density at radius 1 is 0.955 bits per heavy atom. The monoisotopic (exact) mass is 610 g/mol. The highest BCUT2D eigenvalue weighted by Gasteiger charge is 2.42. The average molecular weight is 611 g/mol. The number of benzene rings is 3. The van der Waals surface area contributed by atoms with Crippen molar-refractivity contribution in [3.63, 3.8) is 0 Å². The molecule has 0 bridgehead atoms. The fourth-order valence-electron chi connectivity index (χ4n) is 6.48. The third kappa shape index (κ3) is 5.64. The van der Waals surface area contributed by atoms with Crippen LogP contribution in [0.4, 0.5) is 4.79 Å². The van der Waals surface area contributed by atoms with Crippen LogP contribution in [-0.4, -0.2) is 35.9 Å². The number of alkyl carbamates (subject to hydrolysis) is 1. The van der Waals surface area contributed by atoms with Crippen molar-refractivity contribution < 1.29 is 19.4 Å². The summed E-state index contributed by atoms with van der Waals surface area (Å²) in [5.41, 5.74) is 7.06. The number of phenolic OH excluding ortho intramolecular Hbond substituents is 1. The highest BCUT2D eigenvalue weighted by Crippen LogP contribution is 2.46. The predicted molar refractivity (Wildman–Crippen MR) is 177 cm³/mol. The standard InChI is InChI=1S/C37H42N2O4S/c1-35(2,3)29-19-23(20-30(32(29)40)36(4,5)6)31-22-44-33(39-31)37(15-17-42-18-16-37)43-34(41)38-21-28-26-13-9-7-11-24(26)25-12-8-10-14-27(25)28/h7-14,19-20,22,28,40H,15-18,21H2,1-6H3,(H,38,41). The summed E-state index contributed by atoms with van der Waals surface area (Å²) in [6.07, 6.45) is 0.636. The molecule has 2 aliphatic rings. The number of thiazole rings is 1. The number of hydrogen-bond donors (Lipinski definition) is 2. The van der Waals surface area contributed by atoms with Crippen LogP contribution >= 0.6 is 11.3 Å². The van der Waals surface area contributed by atoms with Crippen LogP contribution in [0, 0.1) is 0 Å². The van der Waals surface area contributed by atoms with E-state index in [1.54, 1.807) is 0 Å². The van der Waals surface area contributed by atoms with Gasteiger partial charge >= 0.3 is 6.09 Å². The zero-order chi connectivity index (χ0) is 31.3. The first-order valence-corrected chi connectivity index (χ1v) is 16.3. The molecular formula is C37H42N2O4S. The molecule has 44 heavy (non-hydrogen) atoms. The number of carbonyl (C=O) groups is 1. The molecule has 1 aromatic heterocycles. The number of fused-ring (bicyclic) bond motifs is 3. The molecule has 0 spiro atoms. The van der Waals surface area contributed by atoms with Crippen molar-refractivity contribution in [1.82, 2.24) is 10.3 Å². The summed E-state index contributed by atoms with van der Waals surface area (Å²) in [5, 5.41) is 17.1. The highest BCUT2D eigenvalue weighted by molar-refractivity contribution is 7.10. The predicted octanol–water partition coefficient (Wildman–Crippen LogP) is 8.66. The SMILES string of the molecule is CC(C)(C)c1cc(-c2csc(C3(OC(=O)NCC4c5ccccc5-c5ccccc54)CCOCC3)n2)cc(C(C)(C)C)c1O. The lowest BCUT2D eigenvalue weighted by atomic mass is 9.78. The molecule has 1 amide bonds.